The third-order valence-electron chi connectivity index (χ3n) is 4.08. The van der Waals surface area contributed by atoms with Gasteiger partial charge in [-0.2, -0.15) is 11.3 Å². The van der Waals surface area contributed by atoms with Crippen LogP contribution in [0.2, 0.25) is 5.02 Å². The Morgan fingerprint density at radius 3 is 2.36 bits per heavy atom. The molecule has 28 heavy (non-hydrogen) atoms. The van der Waals surface area contributed by atoms with Gasteiger partial charge in [-0.05, 0) is 52.2 Å². The van der Waals surface area contributed by atoms with Crippen LogP contribution in [0.15, 0.2) is 76.3 Å². The Morgan fingerprint density at radius 1 is 1.00 bits per heavy atom. The molecular formula is C20H19ClN2O3S2. The lowest BCUT2D eigenvalue weighted by atomic mass is 10.0. The van der Waals surface area contributed by atoms with Crippen LogP contribution in [0.3, 0.4) is 0 Å². The molecule has 0 fully saturated rings. The SMILES string of the molecule is O=C(CCNS(=O)(=O)c1ccccc1)NC(c1ccc(Cl)cc1)c1ccsc1. The second-order valence-electron chi connectivity index (χ2n) is 6.07. The van der Waals surface area contributed by atoms with Crippen molar-refractivity contribution >= 4 is 38.9 Å². The molecule has 2 aromatic carbocycles. The lowest BCUT2D eigenvalue weighted by Gasteiger charge is -2.19. The molecule has 1 amide bonds. The summed E-state index contributed by atoms with van der Waals surface area (Å²) in [6, 6.07) is 17.0. The van der Waals surface area contributed by atoms with Crippen molar-refractivity contribution in [2.24, 2.45) is 0 Å². The monoisotopic (exact) mass is 434 g/mol. The molecule has 5 nitrogen and oxygen atoms in total. The van der Waals surface area contributed by atoms with Gasteiger partial charge < -0.3 is 5.32 Å². The Hall–Kier alpha value is -2.19. The molecule has 1 heterocycles. The summed E-state index contributed by atoms with van der Waals surface area (Å²) in [6.45, 7) is 0.0139. The van der Waals surface area contributed by atoms with E-state index in [0.29, 0.717) is 5.02 Å². The van der Waals surface area contributed by atoms with E-state index in [4.69, 9.17) is 11.6 Å². The Morgan fingerprint density at radius 2 is 1.71 bits per heavy atom. The first-order valence-electron chi connectivity index (χ1n) is 8.57. The lowest BCUT2D eigenvalue weighted by molar-refractivity contribution is -0.121. The van der Waals surface area contributed by atoms with Crippen LogP contribution in [0.1, 0.15) is 23.6 Å². The second kappa shape index (κ2) is 9.34. The summed E-state index contributed by atoms with van der Waals surface area (Å²) in [5, 5.41) is 7.50. The van der Waals surface area contributed by atoms with Crippen molar-refractivity contribution < 1.29 is 13.2 Å². The highest BCUT2D eigenvalue weighted by Gasteiger charge is 2.18. The summed E-state index contributed by atoms with van der Waals surface area (Å²) in [5.41, 5.74) is 1.87. The molecular weight excluding hydrogens is 416 g/mol. The quantitative estimate of drug-likeness (QED) is 0.563. The van der Waals surface area contributed by atoms with E-state index in [9.17, 15) is 13.2 Å². The van der Waals surface area contributed by atoms with Gasteiger partial charge in [0, 0.05) is 18.0 Å². The zero-order valence-corrected chi connectivity index (χ0v) is 17.2. The number of benzene rings is 2. The van der Waals surface area contributed by atoms with Crippen LogP contribution in [-0.4, -0.2) is 20.9 Å². The van der Waals surface area contributed by atoms with E-state index in [1.165, 1.54) is 12.1 Å². The predicted molar refractivity (Wildman–Crippen MR) is 112 cm³/mol. The van der Waals surface area contributed by atoms with E-state index in [1.54, 1.807) is 41.7 Å². The van der Waals surface area contributed by atoms with Crippen molar-refractivity contribution in [3.63, 3.8) is 0 Å². The molecule has 1 atom stereocenters. The number of hydrogen-bond donors (Lipinski definition) is 2. The minimum atomic E-state index is -3.63. The molecule has 0 bridgehead atoms. The molecule has 0 radical (unpaired) electrons. The van der Waals surface area contributed by atoms with Gasteiger partial charge in [-0.25, -0.2) is 13.1 Å². The number of thiophene rings is 1. The molecule has 0 aliphatic rings. The number of halogens is 1. The maximum absolute atomic E-state index is 12.4. The fourth-order valence-corrected chi connectivity index (χ4v) is 4.53. The zero-order valence-electron chi connectivity index (χ0n) is 14.8. The molecule has 8 heteroatoms. The van der Waals surface area contributed by atoms with Gasteiger partial charge in [0.05, 0.1) is 10.9 Å². The summed E-state index contributed by atoms with van der Waals surface area (Å²) in [7, 11) is -3.63. The molecule has 0 spiro atoms. The van der Waals surface area contributed by atoms with E-state index in [2.05, 4.69) is 10.0 Å². The average Bonchev–Trinajstić information content (AvgIpc) is 3.22. The Labute approximate surface area is 173 Å². The van der Waals surface area contributed by atoms with Crippen molar-refractivity contribution in [3.05, 3.63) is 87.6 Å². The first-order valence-corrected chi connectivity index (χ1v) is 11.4. The molecule has 0 aliphatic carbocycles. The molecule has 1 aromatic heterocycles. The molecule has 146 valence electrons. The lowest BCUT2D eigenvalue weighted by Crippen LogP contribution is -2.33. The van der Waals surface area contributed by atoms with Gasteiger partial charge in [-0.15, -0.1) is 0 Å². The number of carbonyl (C=O) groups is 1. The molecule has 1 unspecified atom stereocenters. The van der Waals surface area contributed by atoms with Crippen LogP contribution < -0.4 is 10.0 Å². The standard InChI is InChI=1S/C20H19ClN2O3S2/c21-17-8-6-15(7-9-17)20(16-11-13-27-14-16)23-19(24)10-12-22-28(25,26)18-4-2-1-3-5-18/h1-9,11,13-14,20,22H,10,12H2,(H,23,24). The Balaban J connectivity index is 1.62. The zero-order chi connectivity index (χ0) is 20.0. The van der Waals surface area contributed by atoms with Gasteiger partial charge >= 0.3 is 0 Å². The number of rotatable bonds is 8. The first-order chi connectivity index (χ1) is 13.5. The van der Waals surface area contributed by atoms with Crippen LogP contribution in [0.5, 0.6) is 0 Å². The highest BCUT2D eigenvalue weighted by atomic mass is 35.5. The van der Waals surface area contributed by atoms with Gasteiger partial charge in [0.15, 0.2) is 0 Å². The van der Waals surface area contributed by atoms with Gasteiger partial charge in [0.1, 0.15) is 0 Å². The van der Waals surface area contributed by atoms with Crippen LogP contribution in [0, 0.1) is 0 Å². The van der Waals surface area contributed by atoms with Crippen molar-refractivity contribution in [2.75, 3.05) is 6.54 Å². The Kier molecular flexibility index (Phi) is 6.85. The number of carbonyl (C=O) groups excluding carboxylic acids is 1. The van der Waals surface area contributed by atoms with Gasteiger partial charge in [0.2, 0.25) is 15.9 Å². The van der Waals surface area contributed by atoms with E-state index in [0.717, 1.165) is 11.1 Å². The summed E-state index contributed by atoms with van der Waals surface area (Å²) < 4.78 is 26.9. The summed E-state index contributed by atoms with van der Waals surface area (Å²) in [5.74, 6) is -0.248. The smallest absolute Gasteiger partial charge is 0.240 e. The summed E-state index contributed by atoms with van der Waals surface area (Å²) in [4.78, 5) is 12.6. The minimum absolute atomic E-state index is 0.0139. The van der Waals surface area contributed by atoms with Crippen molar-refractivity contribution in [2.45, 2.75) is 17.4 Å². The normalized spacial score (nSPS) is 12.5. The van der Waals surface area contributed by atoms with Gasteiger partial charge in [-0.3, -0.25) is 4.79 Å². The highest BCUT2D eigenvalue weighted by Crippen LogP contribution is 2.25. The highest BCUT2D eigenvalue weighted by molar-refractivity contribution is 7.89. The van der Waals surface area contributed by atoms with E-state index < -0.39 is 10.0 Å². The molecule has 3 rings (SSSR count). The maximum Gasteiger partial charge on any atom is 0.240 e. The van der Waals surface area contributed by atoms with Crippen LogP contribution in [0.25, 0.3) is 0 Å². The summed E-state index contributed by atoms with van der Waals surface area (Å²) >= 11 is 7.50. The van der Waals surface area contributed by atoms with E-state index in [-0.39, 0.29) is 29.8 Å². The fourth-order valence-electron chi connectivity index (χ4n) is 2.67. The number of amides is 1. The number of hydrogen-bond acceptors (Lipinski definition) is 4. The van der Waals surface area contributed by atoms with Crippen molar-refractivity contribution in [3.8, 4) is 0 Å². The Bertz CT molecular complexity index is 1010. The minimum Gasteiger partial charge on any atom is -0.345 e. The average molecular weight is 435 g/mol. The van der Waals surface area contributed by atoms with E-state index >= 15 is 0 Å². The molecule has 0 aliphatic heterocycles. The van der Waals surface area contributed by atoms with Gasteiger partial charge in [0.25, 0.3) is 0 Å². The van der Waals surface area contributed by atoms with Crippen molar-refractivity contribution in [1.29, 1.82) is 0 Å². The third kappa shape index (κ3) is 5.42. The van der Waals surface area contributed by atoms with E-state index in [1.807, 2.05) is 29.0 Å². The third-order valence-corrected chi connectivity index (χ3v) is 6.51. The number of sulfonamides is 1. The number of nitrogens with one attached hydrogen (secondary N) is 2. The topological polar surface area (TPSA) is 75.3 Å². The van der Waals surface area contributed by atoms with Crippen molar-refractivity contribution in [1.82, 2.24) is 10.0 Å². The molecule has 0 saturated heterocycles. The summed E-state index contributed by atoms with van der Waals surface area (Å²) in [6.07, 6.45) is 0.0281. The van der Waals surface area contributed by atoms with Crippen LogP contribution >= 0.6 is 22.9 Å². The first kappa shape index (κ1) is 20.5. The van der Waals surface area contributed by atoms with Crippen LogP contribution in [0.4, 0.5) is 0 Å². The fraction of sp³-hybridized carbons (Fsp3) is 0.150. The largest absolute Gasteiger partial charge is 0.345 e. The van der Waals surface area contributed by atoms with Crippen LogP contribution in [-0.2, 0) is 14.8 Å². The molecule has 0 saturated carbocycles. The maximum atomic E-state index is 12.4. The molecule has 2 N–H and O–H groups in total. The predicted octanol–water partition coefficient (Wildman–Crippen LogP) is 3.98. The van der Waals surface area contributed by atoms with Gasteiger partial charge in [-0.1, -0.05) is 41.9 Å². The second-order valence-corrected chi connectivity index (χ2v) is 9.05. The molecule has 3 aromatic rings.